The molecule has 0 aromatic heterocycles. The Morgan fingerprint density at radius 2 is 2.00 bits per heavy atom. The van der Waals surface area contributed by atoms with Crippen molar-refractivity contribution in [2.75, 3.05) is 7.05 Å². The minimum Gasteiger partial charge on any atom is -0.311 e. The Morgan fingerprint density at radius 3 is 2.79 bits per heavy atom. The first-order chi connectivity index (χ1) is 6.76. The van der Waals surface area contributed by atoms with Crippen molar-refractivity contribution in [1.29, 1.82) is 0 Å². The van der Waals surface area contributed by atoms with Crippen molar-refractivity contribution in [3.05, 3.63) is 35.4 Å². The monoisotopic (exact) mass is 189 g/mol. The van der Waals surface area contributed by atoms with E-state index in [1.807, 2.05) is 0 Å². The van der Waals surface area contributed by atoms with E-state index in [1.54, 1.807) is 0 Å². The molecule has 1 N–H and O–H groups in total. The highest BCUT2D eigenvalue weighted by atomic mass is 14.9. The van der Waals surface area contributed by atoms with Gasteiger partial charge >= 0.3 is 0 Å². The standard InChI is InChI=1S/C13H19N/c1-13(14-2)10-6-5-8-11-7-3-4-9-12(11)13/h3-4,7,9,14H,5-6,8,10H2,1-2H3. The van der Waals surface area contributed by atoms with Crippen molar-refractivity contribution < 1.29 is 0 Å². The third kappa shape index (κ3) is 1.57. The van der Waals surface area contributed by atoms with Crippen LogP contribution in [0.1, 0.15) is 37.3 Å². The Labute approximate surface area is 86.5 Å². The lowest BCUT2D eigenvalue weighted by molar-refractivity contribution is 0.364. The highest BCUT2D eigenvalue weighted by Crippen LogP contribution is 2.33. The molecule has 0 heterocycles. The Kier molecular flexibility index (Phi) is 2.60. The summed E-state index contributed by atoms with van der Waals surface area (Å²) in [6.07, 6.45) is 5.15. The predicted octanol–water partition coefficient (Wildman–Crippen LogP) is 2.85. The maximum atomic E-state index is 3.48. The average molecular weight is 189 g/mol. The number of benzene rings is 1. The van der Waals surface area contributed by atoms with Crippen LogP contribution in [0.25, 0.3) is 0 Å². The SMILES string of the molecule is CNC1(C)CCCCc2ccccc21. The van der Waals surface area contributed by atoms with Gasteiger partial charge in [-0.25, -0.2) is 0 Å². The molecule has 0 bridgehead atoms. The van der Waals surface area contributed by atoms with Gasteiger partial charge in [0.2, 0.25) is 0 Å². The van der Waals surface area contributed by atoms with Gasteiger partial charge in [-0.1, -0.05) is 30.7 Å². The maximum Gasteiger partial charge on any atom is 0.0406 e. The molecule has 0 saturated heterocycles. The van der Waals surface area contributed by atoms with Crippen molar-refractivity contribution in [2.24, 2.45) is 0 Å². The Bertz CT molecular complexity index is 319. The zero-order valence-corrected chi connectivity index (χ0v) is 9.14. The second kappa shape index (κ2) is 3.74. The minimum atomic E-state index is 0.188. The molecule has 0 saturated carbocycles. The number of fused-ring (bicyclic) bond motifs is 1. The highest BCUT2D eigenvalue weighted by Gasteiger charge is 2.27. The van der Waals surface area contributed by atoms with E-state index in [1.165, 1.54) is 36.8 Å². The molecule has 1 aromatic rings. The lowest BCUT2D eigenvalue weighted by Crippen LogP contribution is -2.36. The fourth-order valence-corrected chi connectivity index (χ4v) is 2.46. The maximum absolute atomic E-state index is 3.48. The molecule has 14 heavy (non-hydrogen) atoms. The van der Waals surface area contributed by atoms with Crippen molar-refractivity contribution in [1.82, 2.24) is 5.32 Å². The van der Waals surface area contributed by atoms with E-state index >= 15 is 0 Å². The molecule has 0 amide bonds. The molecule has 1 heteroatoms. The molecule has 1 unspecified atom stereocenters. The lowest BCUT2D eigenvalue weighted by atomic mass is 9.86. The van der Waals surface area contributed by atoms with Crippen molar-refractivity contribution in [3.8, 4) is 0 Å². The normalized spacial score (nSPS) is 26.7. The van der Waals surface area contributed by atoms with Crippen LogP contribution in [-0.2, 0) is 12.0 Å². The molecular weight excluding hydrogens is 170 g/mol. The predicted molar refractivity (Wildman–Crippen MR) is 60.4 cm³/mol. The molecule has 1 atom stereocenters. The summed E-state index contributed by atoms with van der Waals surface area (Å²) in [5.41, 5.74) is 3.22. The van der Waals surface area contributed by atoms with E-state index in [9.17, 15) is 0 Å². The summed E-state index contributed by atoms with van der Waals surface area (Å²) in [6, 6.07) is 8.85. The molecule has 1 aliphatic carbocycles. The van der Waals surface area contributed by atoms with Gasteiger partial charge in [0.05, 0.1) is 0 Å². The van der Waals surface area contributed by atoms with Gasteiger partial charge in [-0.2, -0.15) is 0 Å². The Balaban J connectivity index is 2.47. The van der Waals surface area contributed by atoms with Crippen LogP contribution in [0, 0.1) is 0 Å². The number of nitrogens with one attached hydrogen (secondary N) is 1. The van der Waals surface area contributed by atoms with Gasteiger partial charge in [-0.15, -0.1) is 0 Å². The van der Waals surface area contributed by atoms with Crippen LogP contribution in [0.3, 0.4) is 0 Å². The summed E-state index contributed by atoms with van der Waals surface area (Å²) < 4.78 is 0. The molecule has 1 aliphatic rings. The number of hydrogen-bond acceptors (Lipinski definition) is 1. The fraction of sp³-hybridized carbons (Fsp3) is 0.538. The van der Waals surface area contributed by atoms with E-state index < -0.39 is 0 Å². The summed E-state index contributed by atoms with van der Waals surface area (Å²) >= 11 is 0. The number of rotatable bonds is 1. The average Bonchev–Trinajstić information content (AvgIpc) is 2.40. The van der Waals surface area contributed by atoms with Crippen molar-refractivity contribution in [3.63, 3.8) is 0 Å². The summed E-state index contributed by atoms with van der Waals surface area (Å²) in [6.45, 7) is 2.32. The van der Waals surface area contributed by atoms with Gasteiger partial charge in [0.25, 0.3) is 0 Å². The minimum absolute atomic E-state index is 0.188. The largest absolute Gasteiger partial charge is 0.311 e. The van der Waals surface area contributed by atoms with Crippen LogP contribution in [0.4, 0.5) is 0 Å². The molecule has 0 fully saturated rings. The number of aryl methyl sites for hydroxylation is 1. The molecule has 1 nitrogen and oxygen atoms in total. The van der Waals surface area contributed by atoms with Crippen LogP contribution in [0.5, 0.6) is 0 Å². The highest BCUT2D eigenvalue weighted by molar-refractivity contribution is 5.34. The Morgan fingerprint density at radius 1 is 1.21 bits per heavy atom. The zero-order valence-electron chi connectivity index (χ0n) is 9.14. The van der Waals surface area contributed by atoms with E-state index in [4.69, 9.17) is 0 Å². The van der Waals surface area contributed by atoms with Gasteiger partial charge < -0.3 is 5.32 Å². The first kappa shape index (κ1) is 9.72. The first-order valence-corrected chi connectivity index (χ1v) is 5.53. The quantitative estimate of drug-likeness (QED) is 0.670. The second-order valence-corrected chi connectivity index (χ2v) is 4.45. The van der Waals surface area contributed by atoms with Crippen LogP contribution in [0.2, 0.25) is 0 Å². The molecule has 76 valence electrons. The summed E-state index contributed by atoms with van der Waals surface area (Å²) in [4.78, 5) is 0. The van der Waals surface area contributed by atoms with Crippen LogP contribution in [-0.4, -0.2) is 7.05 Å². The molecule has 1 aromatic carbocycles. The summed E-state index contributed by atoms with van der Waals surface area (Å²) in [7, 11) is 2.07. The van der Waals surface area contributed by atoms with E-state index in [0.717, 1.165) is 0 Å². The Hall–Kier alpha value is -0.820. The van der Waals surface area contributed by atoms with Gasteiger partial charge in [0.15, 0.2) is 0 Å². The molecular formula is C13H19N. The molecule has 0 radical (unpaired) electrons. The molecule has 0 aliphatic heterocycles. The third-order valence-electron chi connectivity index (χ3n) is 3.54. The van der Waals surface area contributed by atoms with Gasteiger partial charge in [-0.05, 0) is 44.4 Å². The van der Waals surface area contributed by atoms with Crippen LogP contribution >= 0.6 is 0 Å². The zero-order chi connectivity index (χ0) is 10.0. The molecule has 0 spiro atoms. The van der Waals surface area contributed by atoms with E-state index in [0.29, 0.717) is 0 Å². The fourth-order valence-electron chi connectivity index (χ4n) is 2.46. The van der Waals surface area contributed by atoms with E-state index in [2.05, 4.69) is 43.6 Å². The topological polar surface area (TPSA) is 12.0 Å². The van der Waals surface area contributed by atoms with Crippen LogP contribution in [0.15, 0.2) is 24.3 Å². The van der Waals surface area contributed by atoms with Crippen molar-refractivity contribution >= 4 is 0 Å². The summed E-state index contributed by atoms with van der Waals surface area (Å²) in [5, 5.41) is 3.48. The third-order valence-corrected chi connectivity index (χ3v) is 3.54. The van der Waals surface area contributed by atoms with Gasteiger partial charge in [0, 0.05) is 5.54 Å². The number of hydrogen-bond donors (Lipinski definition) is 1. The smallest absolute Gasteiger partial charge is 0.0406 e. The lowest BCUT2D eigenvalue weighted by Gasteiger charge is -2.30. The van der Waals surface area contributed by atoms with Crippen LogP contribution < -0.4 is 5.32 Å². The molecule has 2 rings (SSSR count). The van der Waals surface area contributed by atoms with Gasteiger partial charge in [-0.3, -0.25) is 0 Å². The summed E-state index contributed by atoms with van der Waals surface area (Å²) in [5.74, 6) is 0. The van der Waals surface area contributed by atoms with Crippen molar-refractivity contribution in [2.45, 2.75) is 38.1 Å². The first-order valence-electron chi connectivity index (χ1n) is 5.53. The second-order valence-electron chi connectivity index (χ2n) is 4.45. The van der Waals surface area contributed by atoms with E-state index in [-0.39, 0.29) is 5.54 Å². The van der Waals surface area contributed by atoms with Gasteiger partial charge in [0.1, 0.15) is 0 Å².